The third kappa shape index (κ3) is 4.87. The van der Waals surface area contributed by atoms with Gasteiger partial charge in [-0.2, -0.15) is 0 Å². The molecule has 1 aromatic rings. The maximum atomic E-state index is 4.82. The van der Waals surface area contributed by atoms with Crippen LogP contribution >= 0.6 is 0 Å². The fourth-order valence-electron chi connectivity index (χ4n) is 2.40. The number of nitrogens with one attached hydrogen (secondary N) is 1. The Morgan fingerprint density at radius 2 is 2.00 bits per heavy atom. The van der Waals surface area contributed by atoms with E-state index in [0.29, 0.717) is 5.92 Å². The smallest absolute Gasteiger partial charge is 0.135 e. The molecule has 0 amide bonds. The van der Waals surface area contributed by atoms with Crippen molar-refractivity contribution in [3.8, 4) is 0 Å². The standard InChI is InChI=1S/C17H30N4/c1-5-9-18-15-11-16(20-17(19-15)13(3)4)21(10-6-2)12-14-7-8-14/h11,13-14H,5-10,12H2,1-4H3,(H,18,19,20). The zero-order valence-corrected chi connectivity index (χ0v) is 14.0. The van der Waals surface area contributed by atoms with Crippen LogP contribution in [-0.4, -0.2) is 29.6 Å². The zero-order valence-electron chi connectivity index (χ0n) is 14.0. The minimum Gasteiger partial charge on any atom is -0.370 e. The van der Waals surface area contributed by atoms with E-state index in [1.54, 1.807) is 0 Å². The third-order valence-corrected chi connectivity index (χ3v) is 3.80. The highest BCUT2D eigenvalue weighted by Crippen LogP contribution is 2.31. The summed E-state index contributed by atoms with van der Waals surface area (Å²) in [6.07, 6.45) is 5.02. The van der Waals surface area contributed by atoms with E-state index in [-0.39, 0.29) is 0 Å². The van der Waals surface area contributed by atoms with Gasteiger partial charge in [-0.05, 0) is 31.6 Å². The van der Waals surface area contributed by atoms with E-state index in [0.717, 1.165) is 55.9 Å². The second-order valence-corrected chi connectivity index (χ2v) is 6.44. The summed E-state index contributed by atoms with van der Waals surface area (Å²) in [5.41, 5.74) is 0. The summed E-state index contributed by atoms with van der Waals surface area (Å²) in [4.78, 5) is 11.9. The van der Waals surface area contributed by atoms with E-state index < -0.39 is 0 Å². The van der Waals surface area contributed by atoms with Crippen molar-refractivity contribution in [2.24, 2.45) is 5.92 Å². The molecule has 0 unspecified atom stereocenters. The quantitative estimate of drug-likeness (QED) is 0.745. The van der Waals surface area contributed by atoms with Gasteiger partial charge < -0.3 is 10.2 Å². The molecule has 4 nitrogen and oxygen atoms in total. The second kappa shape index (κ2) is 7.62. The predicted molar refractivity (Wildman–Crippen MR) is 90.1 cm³/mol. The summed E-state index contributed by atoms with van der Waals surface area (Å²) in [7, 11) is 0. The van der Waals surface area contributed by atoms with Crippen LogP contribution in [0.1, 0.15) is 65.1 Å². The molecule has 0 radical (unpaired) electrons. The lowest BCUT2D eigenvalue weighted by atomic mass is 10.2. The van der Waals surface area contributed by atoms with E-state index in [4.69, 9.17) is 4.98 Å². The van der Waals surface area contributed by atoms with Crippen molar-refractivity contribution >= 4 is 11.6 Å². The molecule has 1 N–H and O–H groups in total. The van der Waals surface area contributed by atoms with E-state index in [1.165, 1.54) is 12.8 Å². The first kappa shape index (κ1) is 16.1. The van der Waals surface area contributed by atoms with Crippen LogP contribution in [0.4, 0.5) is 11.6 Å². The first-order chi connectivity index (χ1) is 10.1. The number of rotatable bonds is 9. The molecule has 0 aliphatic heterocycles. The molecular weight excluding hydrogens is 260 g/mol. The predicted octanol–water partition coefficient (Wildman–Crippen LogP) is 4.05. The molecule has 1 aliphatic carbocycles. The number of aromatic nitrogens is 2. The summed E-state index contributed by atoms with van der Waals surface area (Å²) in [5, 5.41) is 3.42. The summed E-state index contributed by atoms with van der Waals surface area (Å²) in [5.74, 6) is 4.25. The van der Waals surface area contributed by atoms with Crippen LogP contribution in [0.2, 0.25) is 0 Å². The Balaban J connectivity index is 2.22. The van der Waals surface area contributed by atoms with Gasteiger partial charge in [0.25, 0.3) is 0 Å². The lowest BCUT2D eigenvalue weighted by Crippen LogP contribution is -2.28. The van der Waals surface area contributed by atoms with Crippen LogP contribution in [-0.2, 0) is 0 Å². The van der Waals surface area contributed by atoms with Gasteiger partial charge in [0.2, 0.25) is 0 Å². The van der Waals surface area contributed by atoms with Crippen LogP contribution in [0, 0.1) is 5.92 Å². The van der Waals surface area contributed by atoms with Crippen molar-refractivity contribution in [2.45, 2.75) is 59.3 Å². The lowest BCUT2D eigenvalue weighted by Gasteiger charge is -2.24. The molecule has 0 aromatic carbocycles. The average molecular weight is 290 g/mol. The molecule has 0 bridgehead atoms. The van der Waals surface area contributed by atoms with Crippen LogP contribution < -0.4 is 10.2 Å². The van der Waals surface area contributed by atoms with E-state index >= 15 is 0 Å². The largest absolute Gasteiger partial charge is 0.370 e. The fraction of sp³-hybridized carbons (Fsp3) is 0.765. The molecule has 1 fully saturated rings. The molecular formula is C17H30N4. The third-order valence-electron chi connectivity index (χ3n) is 3.80. The lowest BCUT2D eigenvalue weighted by molar-refractivity contribution is 0.687. The van der Waals surface area contributed by atoms with Gasteiger partial charge in [-0.25, -0.2) is 9.97 Å². The maximum absolute atomic E-state index is 4.82. The molecule has 4 heteroatoms. The normalized spacial score (nSPS) is 14.5. The minimum absolute atomic E-state index is 0.358. The molecule has 118 valence electrons. The summed E-state index contributed by atoms with van der Waals surface area (Å²) in [6.45, 7) is 11.9. The number of hydrogen-bond acceptors (Lipinski definition) is 4. The van der Waals surface area contributed by atoms with Crippen molar-refractivity contribution in [1.29, 1.82) is 0 Å². The first-order valence-corrected chi connectivity index (χ1v) is 8.51. The average Bonchev–Trinajstić information content (AvgIpc) is 3.28. The van der Waals surface area contributed by atoms with Gasteiger partial charge in [-0.3, -0.25) is 0 Å². The van der Waals surface area contributed by atoms with Crippen LogP contribution in [0.25, 0.3) is 0 Å². The number of nitrogens with zero attached hydrogens (tertiary/aromatic N) is 3. The van der Waals surface area contributed by atoms with Gasteiger partial charge in [0, 0.05) is 31.6 Å². The molecule has 2 rings (SSSR count). The van der Waals surface area contributed by atoms with Crippen molar-refractivity contribution in [3.63, 3.8) is 0 Å². The van der Waals surface area contributed by atoms with Crippen molar-refractivity contribution in [1.82, 2.24) is 9.97 Å². The van der Waals surface area contributed by atoms with Crippen molar-refractivity contribution in [2.75, 3.05) is 29.9 Å². The highest BCUT2D eigenvalue weighted by atomic mass is 15.2. The van der Waals surface area contributed by atoms with Gasteiger partial charge in [0.1, 0.15) is 17.5 Å². The molecule has 1 saturated carbocycles. The molecule has 0 atom stereocenters. The van der Waals surface area contributed by atoms with Crippen molar-refractivity contribution < 1.29 is 0 Å². The molecule has 1 aromatic heterocycles. The van der Waals surface area contributed by atoms with Crippen molar-refractivity contribution in [3.05, 3.63) is 11.9 Å². The van der Waals surface area contributed by atoms with Crippen LogP contribution in [0.3, 0.4) is 0 Å². The number of hydrogen-bond donors (Lipinski definition) is 1. The topological polar surface area (TPSA) is 41.0 Å². The first-order valence-electron chi connectivity index (χ1n) is 8.51. The number of anilines is 2. The molecule has 0 spiro atoms. The van der Waals surface area contributed by atoms with E-state index in [2.05, 4.69) is 49.0 Å². The summed E-state index contributed by atoms with van der Waals surface area (Å²) < 4.78 is 0. The highest BCUT2D eigenvalue weighted by Gasteiger charge is 2.25. The van der Waals surface area contributed by atoms with E-state index in [1.807, 2.05) is 0 Å². The Morgan fingerprint density at radius 1 is 1.24 bits per heavy atom. The zero-order chi connectivity index (χ0) is 15.2. The Hall–Kier alpha value is -1.32. The van der Waals surface area contributed by atoms with E-state index in [9.17, 15) is 0 Å². The minimum atomic E-state index is 0.358. The molecule has 21 heavy (non-hydrogen) atoms. The SMILES string of the molecule is CCCNc1cc(N(CCC)CC2CC2)nc(C(C)C)n1. The fourth-order valence-corrected chi connectivity index (χ4v) is 2.40. The Morgan fingerprint density at radius 3 is 2.57 bits per heavy atom. The van der Waals surface area contributed by atoms with Gasteiger partial charge in [0.05, 0.1) is 0 Å². The Labute approximate surface area is 129 Å². The van der Waals surface area contributed by atoms with Gasteiger partial charge in [-0.15, -0.1) is 0 Å². The molecule has 1 aliphatic rings. The summed E-state index contributed by atoms with van der Waals surface area (Å²) >= 11 is 0. The highest BCUT2D eigenvalue weighted by molar-refractivity contribution is 5.50. The Bertz CT molecular complexity index is 440. The molecule has 0 saturated heterocycles. The van der Waals surface area contributed by atoms with Crippen LogP contribution in [0.5, 0.6) is 0 Å². The van der Waals surface area contributed by atoms with Gasteiger partial charge >= 0.3 is 0 Å². The monoisotopic (exact) mass is 290 g/mol. The van der Waals surface area contributed by atoms with Gasteiger partial charge in [-0.1, -0.05) is 27.7 Å². The Kier molecular flexibility index (Phi) is 5.83. The maximum Gasteiger partial charge on any atom is 0.135 e. The second-order valence-electron chi connectivity index (χ2n) is 6.44. The summed E-state index contributed by atoms with van der Waals surface area (Å²) in [6, 6.07) is 2.12. The van der Waals surface area contributed by atoms with Crippen LogP contribution in [0.15, 0.2) is 6.07 Å². The van der Waals surface area contributed by atoms with Gasteiger partial charge in [0.15, 0.2) is 0 Å². The molecule has 1 heterocycles.